The summed E-state index contributed by atoms with van der Waals surface area (Å²) in [7, 11) is 0. The molecule has 2 aromatic rings. The molecule has 2 aromatic heterocycles. The van der Waals surface area contributed by atoms with E-state index in [0.29, 0.717) is 17.3 Å². The summed E-state index contributed by atoms with van der Waals surface area (Å²) in [5.74, 6) is 1.18. The number of amides is 1. The van der Waals surface area contributed by atoms with E-state index in [1.807, 2.05) is 27.7 Å². The summed E-state index contributed by atoms with van der Waals surface area (Å²) in [5, 5.41) is 13.4. The van der Waals surface area contributed by atoms with Gasteiger partial charge in [-0.1, -0.05) is 0 Å². The molecule has 0 aromatic carbocycles. The highest BCUT2D eigenvalue weighted by molar-refractivity contribution is 5.84. The number of aliphatic hydroxyl groups excluding tert-OH is 1. The summed E-state index contributed by atoms with van der Waals surface area (Å²) < 4.78 is 10.9. The smallest absolute Gasteiger partial charge is 0.412 e. The Morgan fingerprint density at radius 2 is 1.88 bits per heavy atom. The Labute approximate surface area is 153 Å². The summed E-state index contributed by atoms with van der Waals surface area (Å²) in [6, 6.07) is 3.32. The molecule has 2 N–H and O–H groups in total. The van der Waals surface area contributed by atoms with Crippen molar-refractivity contribution in [3.63, 3.8) is 0 Å². The van der Waals surface area contributed by atoms with Gasteiger partial charge in [0.2, 0.25) is 5.89 Å². The third kappa shape index (κ3) is 4.60. The summed E-state index contributed by atoms with van der Waals surface area (Å²) in [6.07, 6.45) is -0.000797. The fourth-order valence-corrected chi connectivity index (χ4v) is 2.30. The minimum atomic E-state index is -0.921. The third-order valence-electron chi connectivity index (χ3n) is 3.98. The summed E-state index contributed by atoms with van der Waals surface area (Å²) >= 11 is 0. The number of aliphatic hydroxyl groups is 1. The van der Waals surface area contributed by atoms with E-state index in [-0.39, 0.29) is 0 Å². The molecule has 0 fully saturated rings. The minimum absolute atomic E-state index is 0.456. The molecule has 7 nitrogen and oxygen atoms in total. The molecule has 7 heteroatoms. The molecule has 1 atom stereocenters. The van der Waals surface area contributed by atoms with E-state index in [2.05, 4.69) is 15.3 Å². The zero-order valence-electron chi connectivity index (χ0n) is 16.4. The number of nitrogens with one attached hydrogen (secondary N) is 1. The van der Waals surface area contributed by atoms with Crippen molar-refractivity contribution in [1.29, 1.82) is 0 Å². The second-order valence-corrected chi connectivity index (χ2v) is 7.88. The number of aryl methyl sites for hydroxylation is 2. The highest BCUT2D eigenvalue weighted by atomic mass is 16.6. The minimum Gasteiger partial charge on any atom is -0.445 e. The average Bonchev–Trinajstić information content (AvgIpc) is 2.85. The molecule has 1 unspecified atom stereocenters. The van der Waals surface area contributed by atoms with Gasteiger partial charge in [-0.3, -0.25) is 10.3 Å². The van der Waals surface area contributed by atoms with Gasteiger partial charge < -0.3 is 14.3 Å². The molecule has 0 aliphatic rings. The zero-order valence-corrected chi connectivity index (χ0v) is 16.4. The van der Waals surface area contributed by atoms with Gasteiger partial charge in [-0.05, 0) is 60.6 Å². The van der Waals surface area contributed by atoms with Gasteiger partial charge in [0.1, 0.15) is 17.5 Å². The summed E-state index contributed by atoms with van der Waals surface area (Å²) in [5.41, 5.74) is 0.398. The van der Waals surface area contributed by atoms with Crippen LogP contribution in [0.2, 0.25) is 0 Å². The van der Waals surface area contributed by atoms with Gasteiger partial charge in [-0.15, -0.1) is 0 Å². The molecule has 0 saturated carbocycles. The fraction of sp³-hybridized carbons (Fsp3) is 0.526. The number of anilines is 1. The lowest BCUT2D eigenvalue weighted by Crippen LogP contribution is -2.28. The SMILES string of the molecule is Cc1nc(C(C)(C)C(O)c2ccc(NC(=O)OC(C)(C)C)cn2)oc1C. The Kier molecular flexibility index (Phi) is 5.41. The van der Waals surface area contributed by atoms with Gasteiger partial charge in [-0.25, -0.2) is 9.78 Å². The number of pyridine rings is 1. The Morgan fingerprint density at radius 1 is 1.23 bits per heavy atom. The molecular weight excluding hydrogens is 334 g/mol. The number of carbonyl (C=O) groups excluding carboxylic acids is 1. The molecule has 2 heterocycles. The summed E-state index contributed by atoms with van der Waals surface area (Å²) in [6.45, 7) is 12.8. The zero-order chi connectivity index (χ0) is 19.7. The molecule has 0 bridgehead atoms. The highest BCUT2D eigenvalue weighted by Gasteiger charge is 2.37. The van der Waals surface area contributed by atoms with E-state index in [0.717, 1.165) is 11.5 Å². The standard InChI is InChI=1S/C19H27N3O4/c1-11-12(2)25-16(21-11)19(6,7)15(23)14-9-8-13(10-20-14)22-17(24)26-18(3,4)5/h8-10,15,23H,1-7H3,(H,22,24). The normalized spacial score (nSPS) is 13.4. The maximum atomic E-state index is 11.8. The second-order valence-electron chi connectivity index (χ2n) is 7.88. The highest BCUT2D eigenvalue weighted by Crippen LogP contribution is 2.36. The molecule has 0 saturated heterocycles. The van der Waals surface area contributed by atoms with E-state index in [1.165, 1.54) is 6.20 Å². The van der Waals surface area contributed by atoms with Crippen molar-refractivity contribution in [1.82, 2.24) is 9.97 Å². The maximum Gasteiger partial charge on any atom is 0.412 e. The topological polar surface area (TPSA) is 97.5 Å². The molecule has 1 amide bonds. The predicted molar refractivity (Wildman–Crippen MR) is 98.1 cm³/mol. The molecule has 26 heavy (non-hydrogen) atoms. The third-order valence-corrected chi connectivity index (χ3v) is 3.98. The lowest BCUT2D eigenvalue weighted by Gasteiger charge is -2.27. The Balaban J connectivity index is 2.13. The number of carbonyl (C=O) groups is 1. The first-order valence-electron chi connectivity index (χ1n) is 8.48. The van der Waals surface area contributed by atoms with Crippen molar-refractivity contribution in [3.05, 3.63) is 41.4 Å². The van der Waals surface area contributed by atoms with E-state index >= 15 is 0 Å². The molecule has 0 aliphatic heterocycles. The second kappa shape index (κ2) is 7.07. The van der Waals surface area contributed by atoms with E-state index in [9.17, 15) is 9.90 Å². The number of ether oxygens (including phenoxy) is 1. The van der Waals surface area contributed by atoms with Crippen LogP contribution in [0.1, 0.15) is 63.8 Å². The molecule has 142 valence electrons. The van der Waals surface area contributed by atoms with Crippen LogP contribution in [0, 0.1) is 13.8 Å². The molecule has 2 rings (SSSR count). The first kappa shape index (κ1) is 19.9. The number of oxazole rings is 1. The van der Waals surface area contributed by atoms with Crippen molar-refractivity contribution in [2.75, 3.05) is 5.32 Å². The average molecular weight is 361 g/mol. The van der Waals surface area contributed by atoms with Crippen LogP contribution in [0.15, 0.2) is 22.7 Å². The van der Waals surface area contributed by atoms with Crippen molar-refractivity contribution in [2.24, 2.45) is 0 Å². The fourth-order valence-electron chi connectivity index (χ4n) is 2.30. The van der Waals surface area contributed by atoms with Gasteiger partial charge in [-0.2, -0.15) is 0 Å². The van der Waals surface area contributed by atoms with Crippen LogP contribution >= 0.6 is 0 Å². The van der Waals surface area contributed by atoms with Crippen molar-refractivity contribution >= 4 is 11.8 Å². The van der Waals surface area contributed by atoms with Gasteiger partial charge in [0.25, 0.3) is 0 Å². The molecule has 0 radical (unpaired) electrons. The number of aromatic nitrogens is 2. The predicted octanol–water partition coefficient (Wildman–Crippen LogP) is 4.04. The van der Waals surface area contributed by atoms with Crippen LogP contribution in [0.25, 0.3) is 0 Å². The van der Waals surface area contributed by atoms with Gasteiger partial charge in [0.05, 0.1) is 28.7 Å². The monoisotopic (exact) mass is 361 g/mol. The van der Waals surface area contributed by atoms with Crippen LogP contribution in [-0.2, 0) is 10.2 Å². The number of nitrogens with zero attached hydrogens (tertiary/aromatic N) is 2. The van der Waals surface area contributed by atoms with E-state index < -0.39 is 23.2 Å². The van der Waals surface area contributed by atoms with Crippen molar-refractivity contribution < 1.29 is 19.1 Å². The first-order chi connectivity index (χ1) is 11.9. The Hall–Kier alpha value is -2.41. The quantitative estimate of drug-likeness (QED) is 0.853. The van der Waals surface area contributed by atoms with Crippen LogP contribution in [-0.4, -0.2) is 26.8 Å². The van der Waals surface area contributed by atoms with Crippen LogP contribution < -0.4 is 5.32 Å². The van der Waals surface area contributed by atoms with Gasteiger partial charge in [0, 0.05) is 0 Å². The van der Waals surface area contributed by atoms with E-state index in [4.69, 9.17) is 9.15 Å². The summed E-state index contributed by atoms with van der Waals surface area (Å²) in [4.78, 5) is 20.4. The maximum absolute atomic E-state index is 11.8. The van der Waals surface area contributed by atoms with Crippen molar-refractivity contribution in [3.8, 4) is 0 Å². The van der Waals surface area contributed by atoms with Gasteiger partial charge in [0.15, 0.2) is 0 Å². The molecule has 0 aliphatic carbocycles. The van der Waals surface area contributed by atoms with Crippen molar-refractivity contribution in [2.45, 2.75) is 65.6 Å². The van der Waals surface area contributed by atoms with Gasteiger partial charge >= 0.3 is 6.09 Å². The number of rotatable bonds is 4. The number of hydrogen-bond donors (Lipinski definition) is 2. The largest absolute Gasteiger partial charge is 0.445 e. The molecule has 0 spiro atoms. The van der Waals surface area contributed by atoms with E-state index in [1.54, 1.807) is 32.9 Å². The lowest BCUT2D eigenvalue weighted by molar-refractivity contribution is 0.0636. The number of hydrogen-bond acceptors (Lipinski definition) is 6. The lowest BCUT2D eigenvalue weighted by atomic mass is 9.84. The molecular formula is C19H27N3O4. The Morgan fingerprint density at radius 3 is 2.35 bits per heavy atom. The van der Waals surface area contributed by atoms with Crippen LogP contribution in [0.4, 0.5) is 10.5 Å². The van der Waals surface area contributed by atoms with Crippen LogP contribution in [0.3, 0.4) is 0 Å². The first-order valence-corrected chi connectivity index (χ1v) is 8.48. The Bertz CT molecular complexity index is 754. The van der Waals surface area contributed by atoms with Crippen LogP contribution in [0.5, 0.6) is 0 Å².